The molecular formula is C9H8Cl2O3. The fraction of sp³-hybridized carbons (Fsp3) is 0.222. The van der Waals surface area contributed by atoms with Crippen LogP contribution < -0.4 is 0 Å². The van der Waals surface area contributed by atoms with Gasteiger partial charge in [-0.05, 0) is 19.1 Å². The van der Waals surface area contributed by atoms with Crippen LogP contribution in [0.15, 0.2) is 12.1 Å². The lowest BCUT2D eigenvalue weighted by Crippen LogP contribution is -2.04. The highest BCUT2D eigenvalue weighted by atomic mass is 35.5. The van der Waals surface area contributed by atoms with Crippen LogP contribution in [0.1, 0.15) is 17.3 Å². The standard InChI is InChI=1S/C9H8Cl2O3/c1-2-14-9(13)5-3-4-6(10)7(11)8(5)12/h3-4,12H,2H2,1H3. The molecule has 0 bridgehead atoms. The molecule has 5 heteroatoms. The Bertz CT molecular complexity index is 363. The second-order valence-electron chi connectivity index (χ2n) is 2.48. The quantitative estimate of drug-likeness (QED) is 0.801. The molecule has 14 heavy (non-hydrogen) atoms. The molecule has 0 fully saturated rings. The Morgan fingerprint density at radius 1 is 1.50 bits per heavy atom. The van der Waals surface area contributed by atoms with E-state index in [2.05, 4.69) is 0 Å². The summed E-state index contributed by atoms with van der Waals surface area (Å²) in [5.74, 6) is -0.971. The zero-order chi connectivity index (χ0) is 10.7. The van der Waals surface area contributed by atoms with Gasteiger partial charge in [-0.3, -0.25) is 0 Å². The number of rotatable bonds is 2. The fourth-order valence-corrected chi connectivity index (χ4v) is 1.23. The maximum absolute atomic E-state index is 11.2. The predicted molar refractivity (Wildman–Crippen MR) is 54.1 cm³/mol. The Labute approximate surface area is 91.2 Å². The van der Waals surface area contributed by atoms with E-state index in [1.807, 2.05) is 0 Å². The monoisotopic (exact) mass is 234 g/mol. The summed E-state index contributed by atoms with van der Waals surface area (Å²) in [4.78, 5) is 11.2. The molecule has 0 aliphatic rings. The van der Waals surface area contributed by atoms with Crippen LogP contribution in [0.25, 0.3) is 0 Å². The van der Waals surface area contributed by atoms with Gasteiger partial charge in [-0.2, -0.15) is 0 Å². The minimum atomic E-state index is -0.622. The third kappa shape index (κ3) is 2.11. The van der Waals surface area contributed by atoms with Crippen LogP contribution in [0, 0.1) is 0 Å². The van der Waals surface area contributed by atoms with E-state index in [1.165, 1.54) is 12.1 Å². The van der Waals surface area contributed by atoms with Crippen molar-refractivity contribution in [2.75, 3.05) is 6.61 Å². The van der Waals surface area contributed by atoms with Gasteiger partial charge in [0.1, 0.15) is 16.3 Å². The van der Waals surface area contributed by atoms with Gasteiger partial charge in [0, 0.05) is 0 Å². The van der Waals surface area contributed by atoms with E-state index in [0.29, 0.717) is 0 Å². The Hall–Kier alpha value is -0.930. The van der Waals surface area contributed by atoms with E-state index >= 15 is 0 Å². The number of phenolic OH excluding ortho intramolecular Hbond substituents is 1. The molecule has 0 saturated carbocycles. The van der Waals surface area contributed by atoms with E-state index in [1.54, 1.807) is 6.92 Å². The predicted octanol–water partition coefficient (Wildman–Crippen LogP) is 2.88. The second-order valence-corrected chi connectivity index (χ2v) is 3.26. The Kier molecular flexibility index (Phi) is 3.61. The zero-order valence-corrected chi connectivity index (χ0v) is 8.89. The molecule has 1 aromatic carbocycles. The number of carbonyl (C=O) groups excluding carboxylic acids is 1. The van der Waals surface area contributed by atoms with E-state index in [-0.39, 0.29) is 28.0 Å². The summed E-state index contributed by atoms with van der Waals surface area (Å²) in [5.41, 5.74) is 0.0150. The number of aromatic hydroxyl groups is 1. The van der Waals surface area contributed by atoms with Crippen molar-refractivity contribution >= 4 is 29.2 Å². The third-order valence-corrected chi connectivity index (χ3v) is 2.36. The Morgan fingerprint density at radius 3 is 2.71 bits per heavy atom. The maximum Gasteiger partial charge on any atom is 0.341 e. The van der Waals surface area contributed by atoms with Crippen molar-refractivity contribution in [1.82, 2.24) is 0 Å². The van der Waals surface area contributed by atoms with Crippen molar-refractivity contribution < 1.29 is 14.6 Å². The molecule has 1 rings (SSSR count). The van der Waals surface area contributed by atoms with Gasteiger partial charge in [-0.15, -0.1) is 0 Å². The van der Waals surface area contributed by atoms with Gasteiger partial charge in [0.25, 0.3) is 0 Å². The van der Waals surface area contributed by atoms with Crippen LogP contribution >= 0.6 is 23.2 Å². The second kappa shape index (κ2) is 4.53. The number of halogens is 2. The normalized spacial score (nSPS) is 9.93. The highest BCUT2D eigenvalue weighted by Gasteiger charge is 2.16. The van der Waals surface area contributed by atoms with Crippen LogP contribution in [0.3, 0.4) is 0 Å². The number of esters is 1. The van der Waals surface area contributed by atoms with Crippen molar-refractivity contribution in [3.8, 4) is 5.75 Å². The van der Waals surface area contributed by atoms with Crippen molar-refractivity contribution in [3.05, 3.63) is 27.7 Å². The summed E-state index contributed by atoms with van der Waals surface area (Å²) in [5, 5.41) is 9.61. The SMILES string of the molecule is CCOC(=O)c1ccc(Cl)c(Cl)c1O. The molecule has 3 nitrogen and oxygen atoms in total. The number of phenols is 1. The zero-order valence-electron chi connectivity index (χ0n) is 7.38. The first-order chi connectivity index (χ1) is 6.57. The number of benzene rings is 1. The number of hydrogen-bond donors (Lipinski definition) is 1. The number of ether oxygens (including phenoxy) is 1. The average Bonchev–Trinajstić information content (AvgIpc) is 2.15. The highest BCUT2D eigenvalue weighted by molar-refractivity contribution is 6.43. The molecule has 0 amide bonds. The lowest BCUT2D eigenvalue weighted by molar-refractivity contribution is 0.0523. The first-order valence-electron chi connectivity index (χ1n) is 3.92. The van der Waals surface area contributed by atoms with Crippen molar-refractivity contribution in [2.45, 2.75) is 6.92 Å². The van der Waals surface area contributed by atoms with E-state index in [0.717, 1.165) is 0 Å². The van der Waals surface area contributed by atoms with Crippen LogP contribution in [-0.2, 0) is 4.74 Å². The first kappa shape index (κ1) is 11.1. The molecule has 0 saturated heterocycles. The molecule has 0 radical (unpaired) electrons. The molecule has 1 aromatic rings. The summed E-state index contributed by atoms with van der Waals surface area (Å²) in [6.07, 6.45) is 0. The molecule has 0 spiro atoms. The van der Waals surface area contributed by atoms with Gasteiger partial charge in [0.05, 0.1) is 11.6 Å². The van der Waals surface area contributed by atoms with Crippen molar-refractivity contribution in [2.24, 2.45) is 0 Å². The molecule has 0 aliphatic heterocycles. The summed E-state index contributed by atoms with van der Waals surface area (Å²) >= 11 is 11.3. The highest BCUT2D eigenvalue weighted by Crippen LogP contribution is 2.34. The van der Waals surface area contributed by atoms with Gasteiger partial charge in [0.15, 0.2) is 0 Å². The lowest BCUT2D eigenvalue weighted by atomic mass is 10.2. The van der Waals surface area contributed by atoms with Gasteiger partial charge in [0.2, 0.25) is 0 Å². The van der Waals surface area contributed by atoms with Crippen LogP contribution in [0.4, 0.5) is 0 Å². The maximum atomic E-state index is 11.2. The van der Waals surface area contributed by atoms with Crippen molar-refractivity contribution in [1.29, 1.82) is 0 Å². The minimum Gasteiger partial charge on any atom is -0.505 e. The molecule has 1 N–H and O–H groups in total. The van der Waals surface area contributed by atoms with Gasteiger partial charge < -0.3 is 9.84 Å². The summed E-state index contributed by atoms with van der Waals surface area (Å²) < 4.78 is 4.70. The Balaban J connectivity index is 3.11. The van der Waals surface area contributed by atoms with Gasteiger partial charge in [-0.25, -0.2) is 4.79 Å². The van der Waals surface area contributed by atoms with E-state index < -0.39 is 5.97 Å². The molecule has 0 aromatic heterocycles. The van der Waals surface area contributed by atoms with Crippen LogP contribution in [0.2, 0.25) is 10.0 Å². The first-order valence-corrected chi connectivity index (χ1v) is 4.67. The van der Waals surface area contributed by atoms with Gasteiger partial charge in [-0.1, -0.05) is 23.2 Å². The van der Waals surface area contributed by atoms with Crippen LogP contribution in [-0.4, -0.2) is 17.7 Å². The fourth-order valence-electron chi connectivity index (χ4n) is 0.914. The summed E-state index contributed by atoms with van der Waals surface area (Å²) in [6, 6.07) is 2.79. The summed E-state index contributed by atoms with van der Waals surface area (Å²) in [7, 11) is 0. The molecule has 0 aliphatic carbocycles. The smallest absolute Gasteiger partial charge is 0.341 e. The lowest BCUT2D eigenvalue weighted by Gasteiger charge is -2.06. The van der Waals surface area contributed by atoms with E-state index in [9.17, 15) is 9.90 Å². The largest absolute Gasteiger partial charge is 0.505 e. The number of carbonyl (C=O) groups is 1. The van der Waals surface area contributed by atoms with Crippen LogP contribution in [0.5, 0.6) is 5.75 Å². The van der Waals surface area contributed by atoms with Crippen molar-refractivity contribution in [3.63, 3.8) is 0 Å². The third-order valence-electron chi connectivity index (χ3n) is 1.56. The molecule has 0 atom stereocenters. The van der Waals surface area contributed by atoms with E-state index in [4.69, 9.17) is 27.9 Å². The average molecular weight is 235 g/mol. The Morgan fingerprint density at radius 2 is 2.14 bits per heavy atom. The topological polar surface area (TPSA) is 46.5 Å². The molecule has 0 unspecified atom stereocenters. The minimum absolute atomic E-state index is 0.0150. The summed E-state index contributed by atoms with van der Waals surface area (Å²) in [6.45, 7) is 1.91. The molecule has 76 valence electrons. The van der Waals surface area contributed by atoms with Gasteiger partial charge >= 0.3 is 5.97 Å². The molecular weight excluding hydrogens is 227 g/mol. The molecule has 0 heterocycles. The number of hydrogen-bond acceptors (Lipinski definition) is 3.